The summed E-state index contributed by atoms with van der Waals surface area (Å²) in [6.07, 6.45) is 0. The van der Waals surface area contributed by atoms with Crippen LogP contribution in [0.1, 0.15) is 6.92 Å². The highest BCUT2D eigenvalue weighted by molar-refractivity contribution is 9.10. The highest BCUT2D eigenvalue weighted by Gasteiger charge is 2.30. The van der Waals surface area contributed by atoms with Crippen LogP contribution in [-0.4, -0.2) is 38.4 Å². The van der Waals surface area contributed by atoms with Gasteiger partial charge in [-0.15, -0.1) is 0 Å². The van der Waals surface area contributed by atoms with Crippen molar-refractivity contribution in [1.29, 1.82) is 0 Å². The number of piperazine rings is 1. The number of sulfonamides is 1. The Morgan fingerprint density at radius 1 is 1.50 bits per heavy atom. The molecule has 1 saturated heterocycles. The molecule has 1 atom stereocenters. The van der Waals surface area contributed by atoms with Crippen molar-refractivity contribution in [2.45, 2.75) is 17.9 Å². The molecule has 2 rings (SSSR count). The van der Waals surface area contributed by atoms with Crippen molar-refractivity contribution < 1.29 is 12.8 Å². The fourth-order valence-electron chi connectivity index (χ4n) is 1.93. The Kier molecular flexibility index (Phi) is 4.05. The SMILES string of the molecule is C[C@H]1CN(S(=O)(=O)c2cc(Br)ccc2F)CCN1. The first kappa shape index (κ1) is 13.9. The first-order valence-corrected chi connectivity index (χ1v) is 7.83. The average molecular weight is 337 g/mol. The first-order valence-electron chi connectivity index (χ1n) is 5.60. The first-order chi connectivity index (χ1) is 8.41. The zero-order valence-corrected chi connectivity index (χ0v) is 12.3. The molecular formula is C11H14BrFN2O2S. The molecule has 0 unspecified atom stereocenters. The summed E-state index contributed by atoms with van der Waals surface area (Å²) < 4.78 is 40.2. The molecule has 1 fully saturated rings. The molecule has 100 valence electrons. The number of hydrogen-bond acceptors (Lipinski definition) is 3. The van der Waals surface area contributed by atoms with E-state index in [0.29, 0.717) is 24.1 Å². The molecule has 0 amide bonds. The lowest BCUT2D eigenvalue weighted by molar-refractivity contribution is 0.309. The van der Waals surface area contributed by atoms with Crippen molar-refractivity contribution in [3.63, 3.8) is 0 Å². The van der Waals surface area contributed by atoms with Crippen LogP contribution in [0.5, 0.6) is 0 Å². The molecular weight excluding hydrogens is 323 g/mol. The highest BCUT2D eigenvalue weighted by atomic mass is 79.9. The summed E-state index contributed by atoms with van der Waals surface area (Å²) in [5, 5.41) is 3.15. The van der Waals surface area contributed by atoms with E-state index < -0.39 is 15.8 Å². The molecule has 1 aromatic carbocycles. The fraction of sp³-hybridized carbons (Fsp3) is 0.455. The van der Waals surface area contributed by atoms with Gasteiger partial charge in [0.25, 0.3) is 0 Å². The maximum absolute atomic E-state index is 13.7. The molecule has 0 spiro atoms. The molecule has 1 aliphatic rings. The van der Waals surface area contributed by atoms with Gasteiger partial charge in [-0.2, -0.15) is 4.31 Å². The predicted molar refractivity (Wildman–Crippen MR) is 70.3 cm³/mol. The van der Waals surface area contributed by atoms with Crippen molar-refractivity contribution >= 4 is 26.0 Å². The van der Waals surface area contributed by atoms with E-state index in [-0.39, 0.29) is 10.9 Å². The second-order valence-corrected chi connectivity index (χ2v) is 7.12. The summed E-state index contributed by atoms with van der Waals surface area (Å²) in [5.41, 5.74) is 0. The summed E-state index contributed by atoms with van der Waals surface area (Å²) in [4.78, 5) is -0.272. The summed E-state index contributed by atoms with van der Waals surface area (Å²) in [6, 6.07) is 4.01. The standard InChI is InChI=1S/C11H14BrFN2O2S/c1-8-7-15(5-4-14-8)18(16,17)11-6-9(12)2-3-10(11)13/h2-3,6,8,14H,4-5,7H2,1H3/t8-/m0/s1. The van der Waals surface area contributed by atoms with Crippen LogP contribution >= 0.6 is 15.9 Å². The molecule has 1 heterocycles. The van der Waals surface area contributed by atoms with Crippen molar-refractivity contribution in [2.24, 2.45) is 0 Å². The van der Waals surface area contributed by atoms with Gasteiger partial charge in [-0.05, 0) is 25.1 Å². The van der Waals surface area contributed by atoms with Gasteiger partial charge in [-0.25, -0.2) is 12.8 Å². The maximum atomic E-state index is 13.7. The fourth-order valence-corrected chi connectivity index (χ4v) is 4.06. The van der Waals surface area contributed by atoms with Gasteiger partial charge in [0.2, 0.25) is 10.0 Å². The van der Waals surface area contributed by atoms with Gasteiger partial charge in [-0.1, -0.05) is 15.9 Å². The van der Waals surface area contributed by atoms with Crippen LogP contribution in [0.15, 0.2) is 27.6 Å². The molecule has 1 N–H and O–H groups in total. The molecule has 18 heavy (non-hydrogen) atoms. The predicted octanol–water partition coefficient (Wildman–Crippen LogP) is 1.57. The van der Waals surface area contributed by atoms with E-state index in [4.69, 9.17) is 0 Å². The highest BCUT2D eigenvalue weighted by Crippen LogP contribution is 2.24. The number of rotatable bonds is 2. The topological polar surface area (TPSA) is 49.4 Å². The largest absolute Gasteiger partial charge is 0.312 e. The van der Waals surface area contributed by atoms with E-state index in [9.17, 15) is 12.8 Å². The molecule has 0 saturated carbocycles. The van der Waals surface area contributed by atoms with E-state index in [0.717, 1.165) is 6.07 Å². The van der Waals surface area contributed by atoms with Crippen LogP contribution in [0, 0.1) is 5.82 Å². The Labute approximate surface area is 114 Å². The summed E-state index contributed by atoms with van der Waals surface area (Å²) in [6.45, 7) is 3.20. The van der Waals surface area contributed by atoms with Gasteiger partial charge < -0.3 is 5.32 Å². The van der Waals surface area contributed by atoms with Crippen LogP contribution in [0.2, 0.25) is 0 Å². The van der Waals surface area contributed by atoms with Crippen LogP contribution in [0.4, 0.5) is 4.39 Å². The van der Waals surface area contributed by atoms with E-state index >= 15 is 0 Å². The van der Waals surface area contributed by atoms with E-state index in [2.05, 4.69) is 21.2 Å². The minimum atomic E-state index is -3.76. The second-order valence-electron chi connectivity index (χ2n) is 4.29. The molecule has 0 radical (unpaired) electrons. The Morgan fingerprint density at radius 3 is 2.89 bits per heavy atom. The third kappa shape index (κ3) is 2.74. The normalized spacial score (nSPS) is 22.1. The summed E-state index contributed by atoms with van der Waals surface area (Å²) in [5.74, 6) is -0.718. The van der Waals surface area contributed by atoms with Crippen molar-refractivity contribution in [2.75, 3.05) is 19.6 Å². The van der Waals surface area contributed by atoms with Gasteiger partial charge >= 0.3 is 0 Å². The van der Waals surface area contributed by atoms with E-state index in [1.165, 1.54) is 16.4 Å². The number of benzene rings is 1. The number of hydrogen-bond donors (Lipinski definition) is 1. The van der Waals surface area contributed by atoms with Crippen LogP contribution in [0.3, 0.4) is 0 Å². The third-order valence-electron chi connectivity index (χ3n) is 2.84. The number of halogens is 2. The molecule has 4 nitrogen and oxygen atoms in total. The van der Waals surface area contributed by atoms with Gasteiger partial charge in [-0.3, -0.25) is 0 Å². The van der Waals surface area contributed by atoms with Crippen molar-refractivity contribution in [3.8, 4) is 0 Å². The van der Waals surface area contributed by atoms with Crippen molar-refractivity contribution in [1.82, 2.24) is 9.62 Å². The lowest BCUT2D eigenvalue weighted by atomic mass is 10.3. The Morgan fingerprint density at radius 2 is 2.22 bits per heavy atom. The lowest BCUT2D eigenvalue weighted by Gasteiger charge is -2.31. The van der Waals surface area contributed by atoms with Crippen LogP contribution in [-0.2, 0) is 10.0 Å². The average Bonchev–Trinajstić information content (AvgIpc) is 2.32. The quantitative estimate of drug-likeness (QED) is 0.891. The molecule has 0 aromatic heterocycles. The zero-order valence-electron chi connectivity index (χ0n) is 9.86. The summed E-state index contributed by atoms with van der Waals surface area (Å²) >= 11 is 3.16. The number of nitrogens with one attached hydrogen (secondary N) is 1. The molecule has 1 aliphatic heterocycles. The summed E-state index contributed by atoms with van der Waals surface area (Å²) in [7, 11) is -3.76. The smallest absolute Gasteiger partial charge is 0.246 e. The third-order valence-corrected chi connectivity index (χ3v) is 5.22. The van der Waals surface area contributed by atoms with E-state index in [1.807, 2.05) is 6.92 Å². The molecule has 0 bridgehead atoms. The van der Waals surface area contributed by atoms with E-state index in [1.54, 1.807) is 0 Å². The monoisotopic (exact) mass is 336 g/mol. The second kappa shape index (κ2) is 5.24. The van der Waals surface area contributed by atoms with Crippen LogP contribution < -0.4 is 5.32 Å². The van der Waals surface area contributed by atoms with Gasteiger partial charge in [0.05, 0.1) is 0 Å². The zero-order chi connectivity index (χ0) is 13.3. The van der Waals surface area contributed by atoms with Gasteiger partial charge in [0, 0.05) is 30.1 Å². The minimum Gasteiger partial charge on any atom is -0.312 e. The maximum Gasteiger partial charge on any atom is 0.246 e. The Hall–Kier alpha value is -0.500. The Balaban J connectivity index is 2.38. The Bertz CT molecular complexity index is 550. The molecule has 0 aliphatic carbocycles. The van der Waals surface area contributed by atoms with Crippen molar-refractivity contribution in [3.05, 3.63) is 28.5 Å². The molecule has 7 heteroatoms. The minimum absolute atomic E-state index is 0.0729. The lowest BCUT2D eigenvalue weighted by Crippen LogP contribution is -2.51. The van der Waals surface area contributed by atoms with Gasteiger partial charge in [0.15, 0.2) is 0 Å². The number of nitrogens with zero attached hydrogens (tertiary/aromatic N) is 1. The molecule has 1 aromatic rings. The van der Waals surface area contributed by atoms with Crippen LogP contribution in [0.25, 0.3) is 0 Å². The van der Waals surface area contributed by atoms with Gasteiger partial charge in [0.1, 0.15) is 10.7 Å².